The van der Waals surface area contributed by atoms with Gasteiger partial charge in [0.1, 0.15) is 11.6 Å². The molecule has 1 aliphatic heterocycles. The molecule has 37 heavy (non-hydrogen) atoms. The number of piperidine rings is 1. The Labute approximate surface area is 218 Å². The summed E-state index contributed by atoms with van der Waals surface area (Å²) in [5.41, 5.74) is 7.31. The van der Waals surface area contributed by atoms with Gasteiger partial charge in [0, 0.05) is 20.7 Å². The number of nitrogen functional groups attached to an aromatic ring is 1. The van der Waals surface area contributed by atoms with E-state index in [2.05, 4.69) is 19.6 Å². The Kier molecular flexibility index (Phi) is 5.37. The van der Waals surface area contributed by atoms with Crippen LogP contribution in [0.2, 0.25) is 0 Å². The van der Waals surface area contributed by atoms with Crippen LogP contribution in [0.5, 0.6) is 5.88 Å². The second-order valence-corrected chi connectivity index (χ2v) is 11.8. The normalized spacial score (nSPS) is 23.7. The first-order valence-corrected chi connectivity index (χ1v) is 13.9. The minimum Gasteiger partial charge on any atom is -0.475 e. The van der Waals surface area contributed by atoms with E-state index in [1.807, 2.05) is 19.9 Å². The molecule has 4 heterocycles. The van der Waals surface area contributed by atoms with Crippen LogP contribution in [-0.2, 0) is 10.0 Å². The molecule has 196 valence electrons. The summed E-state index contributed by atoms with van der Waals surface area (Å²) in [6.45, 7) is 3.87. The molecule has 3 N–H and O–H groups in total. The van der Waals surface area contributed by atoms with Gasteiger partial charge in [0.2, 0.25) is 5.88 Å². The van der Waals surface area contributed by atoms with E-state index >= 15 is 0 Å². The van der Waals surface area contributed by atoms with Crippen molar-refractivity contribution in [2.75, 3.05) is 10.6 Å². The van der Waals surface area contributed by atoms with Gasteiger partial charge in [-0.1, -0.05) is 6.07 Å². The molecule has 3 unspecified atom stereocenters. The lowest BCUT2D eigenvalue weighted by molar-refractivity contribution is 0.0981. The number of pyridine rings is 3. The summed E-state index contributed by atoms with van der Waals surface area (Å²) in [7, 11) is -4.22. The van der Waals surface area contributed by atoms with E-state index in [-0.39, 0.29) is 30.9 Å². The zero-order chi connectivity index (χ0) is 25.9. The third kappa shape index (κ3) is 3.88. The molecule has 2 aliphatic carbocycles. The van der Waals surface area contributed by atoms with Crippen molar-refractivity contribution >= 4 is 27.6 Å². The summed E-state index contributed by atoms with van der Waals surface area (Å²) in [6, 6.07) is 11.6. The monoisotopic (exact) mass is 524 g/mol. The molecule has 3 aliphatic rings. The highest BCUT2D eigenvalue weighted by Crippen LogP contribution is 2.68. The summed E-state index contributed by atoms with van der Waals surface area (Å²) in [5, 5.41) is -0.317. The maximum atomic E-state index is 13.3. The molecule has 3 aromatic heterocycles. The molecule has 3 atom stereocenters. The first-order valence-electron chi connectivity index (χ1n) is 12.4. The van der Waals surface area contributed by atoms with Gasteiger partial charge in [-0.3, -0.25) is 4.79 Å². The number of anilines is 2. The number of carbonyl (C=O) groups excluding carboxylic acids is 1. The van der Waals surface area contributed by atoms with Crippen molar-refractivity contribution in [2.24, 2.45) is 5.92 Å². The average Bonchev–Trinajstić information content (AvgIpc) is 3.47. The van der Waals surface area contributed by atoms with Crippen LogP contribution in [0.1, 0.15) is 52.7 Å². The van der Waals surface area contributed by atoms with E-state index in [4.69, 9.17) is 15.5 Å². The van der Waals surface area contributed by atoms with Crippen LogP contribution in [-0.4, -0.2) is 47.0 Å². The number of nitrogens with zero attached hydrogens (tertiary/aromatic N) is 4. The van der Waals surface area contributed by atoms with Gasteiger partial charge >= 0.3 is 0 Å². The van der Waals surface area contributed by atoms with Gasteiger partial charge in [-0.25, -0.2) is 19.7 Å². The number of aromatic nitrogens is 3. The van der Waals surface area contributed by atoms with Crippen LogP contribution >= 0.6 is 0 Å². The molecule has 0 aromatic carbocycles. The maximum absolute atomic E-state index is 13.3. The third-order valence-corrected chi connectivity index (χ3v) is 8.87. The van der Waals surface area contributed by atoms with Crippen molar-refractivity contribution in [3.8, 4) is 17.1 Å². The molecule has 2 saturated carbocycles. The van der Waals surface area contributed by atoms with Crippen molar-refractivity contribution < 1.29 is 20.8 Å². The zero-order valence-electron chi connectivity index (χ0n) is 20.6. The fourth-order valence-corrected chi connectivity index (χ4v) is 6.85. The van der Waals surface area contributed by atoms with Gasteiger partial charge in [-0.2, -0.15) is 8.42 Å². The number of sulfonamides is 1. The summed E-state index contributed by atoms with van der Waals surface area (Å²) in [5.74, 6) is 0.907. The highest BCUT2D eigenvalue weighted by molar-refractivity contribution is 7.90. The molecule has 0 bridgehead atoms. The number of ether oxygens (including phenoxy) is 1. The molecule has 1 spiro atoms. The number of carbonyl (C=O) groups is 1. The molecule has 6 rings (SSSR count). The van der Waals surface area contributed by atoms with Gasteiger partial charge in [0.05, 0.1) is 28.9 Å². The summed E-state index contributed by atoms with van der Waals surface area (Å²) >= 11 is 0. The third-order valence-electron chi connectivity index (χ3n) is 7.64. The van der Waals surface area contributed by atoms with E-state index in [9.17, 15) is 13.2 Å². The summed E-state index contributed by atoms with van der Waals surface area (Å²) in [4.78, 5) is 28.7. The van der Waals surface area contributed by atoms with Gasteiger partial charge in [-0.15, -0.1) is 0 Å². The van der Waals surface area contributed by atoms with Crippen molar-refractivity contribution in [3.63, 3.8) is 0 Å². The number of hydrogen-bond acceptors (Lipinski definition) is 9. The Morgan fingerprint density at radius 1 is 1.16 bits per heavy atom. The van der Waals surface area contributed by atoms with E-state index in [0.717, 1.165) is 18.4 Å². The van der Waals surface area contributed by atoms with Crippen molar-refractivity contribution in [3.05, 3.63) is 54.2 Å². The average molecular weight is 525 g/mol. The fraction of sp³-hybridized carbons (Fsp3) is 0.385. The van der Waals surface area contributed by atoms with Gasteiger partial charge in [0.15, 0.2) is 5.03 Å². The van der Waals surface area contributed by atoms with Crippen LogP contribution in [0.25, 0.3) is 11.3 Å². The quantitative estimate of drug-likeness (QED) is 0.443. The lowest BCUT2D eigenvalue weighted by Crippen LogP contribution is -2.38. The van der Waals surface area contributed by atoms with Crippen LogP contribution in [0, 0.1) is 5.92 Å². The first-order chi connectivity index (χ1) is 17.7. The fourth-order valence-electron chi connectivity index (χ4n) is 5.91. The highest BCUT2D eigenvalue weighted by Gasteiger charge is 2.74. The molecule has 11 heteroatoms. The Hall–Kier alpha value is -3.73. The van der Waals surface area contributed by atoms with E-state index in [0.29, 0.717) is 29.4 Å². The zero-order valence-corrected chi connectivity index (χ0v) is 21.4. The SMILES string of the molecule is CC(C)Oc1ccc(-c2ccc(C(=O)NS(=O)(=O)c3cccc(N)n3)c(N3C4CCC5CCC543)n2)cn1.[HH].[HH]. The van der Waals surface area contributed by atoms with E-state index in [1.165, 1.54) is 31.0 Å². The summed E-state index contributed by atoms with van der Waals surface area (Å²) in [6.07, 6.45) is 6.16. The van der Waals surface area contributed by atoms with Crippen molar-refractivity contribution in [2.45, 2.75) is 62.2 Å². The molecule has 1 amide bonds. The number of hydrogen-bond donors (Lipinski definition) is 2. The van der Waals surface area contributed by atoms with Crippen LogP contribution < -0.4 is 20.1 Å². The van der Waals surface area contributed by atoms with Gasteiger partial charge in [-0.05, 0) is 75.8 Å². The Morgan fingerprint density at radius 3 is 2.65 bits per heavy atom. The number of nitrogens with two attached hydrogens (primary N) is 1. The van der Waals surface area contributed by atoms with Crippen molar-refractivity contribution in [1.29, 1.82) is 0 Å². The Morgan fingerprint density at radius 2 is 2.00 bits per heavy atom. The largest absolute Gasteiger partial charge is 0.475 e. The molecule has 1 saturated heterocycles. The molecule has 3 fully saturated rings. The molecular weight excluding hydrogens is 492 g/mol. The highest BCUT2D eigenvalue weighted by atomic mass is 32.2. The van der Waals surface area contributed by atoms with Crippen LogP contribution in [0.4, 0.5) is 11.6 Å². The summed E-state index contributed by atoms with van der Waals surface area (Å²) < 4.78 is 33.5. The Bertz CT molecular complexity index is 1500. The first kappa shape index (κ1) is 23.7. The van der Waals surface area contributed by atoms with E-state index < -0.39 is 15.9 Å². The molecular formula is C26H32N6O4S. The Balaban J connectivity index is 0.00000176. The standard InChI is InChI=1S/C26H28N6O4S.2H2/c1-15(2)36-22-11-6-16(14-28-22)19-9-8-18(24(29-19)32-20-10-7-17-12-13-26(17,20)32)25(33)31-37(34,35)23-5-3-4-21(27)30-23;;/h3-6,8-9,11,14-15,17,20H,7,10,12-13H2,1-2H3,(H2,27,30)(H,31,33);2*1H. The van der Waals surface area contributed by atoms with Crippen LogP contribution in [0.3, 0.4) is 0 Å². The lowest BCUT2D eigenvalue weighted by atomic mass is 9.74. The molecule has 0 radical (unpaired) electrons. The predicted octanol–water partition coefficient (Wildman–Crippen LogP) is 3.65. The minimum absolute atomic E-state index is 0. The smallest absolute Gasteiger partial charge is 0.281 e. The van der Waals surface area contributed by atoms with Gasteiger partial charge < -0.3 is 15.4 Å². The maximum Gasteiger partial charge on any atom is 0.281 e. The number of amides is 1. The van der Waals surface area contributed by atoms with Crippen molar-refractivity contribution in [1.82, 2.24) is 19.7 Å². The second-order valence-electron chi connectivity index (χ2n) is 10.1. The second kappa shape index (κ2) is 8.41. The molecule has 3 aromatic rings. The van der Waals surface area contributed by atoms with Crippen LogP contribution in [0.15, 0.2) is 53.7 Å². The molecule has 10 nitrogen and oxygen atoms in total. The predicted molar refractivity (Wildman–Crippen MR) is 142 cm³/mol. The minimum atomic E-state index is -4.22. The topological polar surface area (TPSA) is 140 Å². The number of rotatable bonds is 7. The van der Waals surface area contributed by atoms with E-state index in [1.54, 1.807) is 24.4 Å². The lowest BCUT2D eigenvalue weighted by Gasteiger charge is -2.36. The van der Waals surface area contributed by atoms with Gasteiger partial charge in [0.25, 0.3) is 15.9 Å². The number of nitrogens with one attached hydrogen (secondary N) is 1.